The molecule has 1 heterocycles. The third-order valence-electron chi connectivity index (χ3n) is 5.27. The number of para-hydroxylation sites is 1. The lowest BCUT2D eigenvalue weighted by Gasteiger charge is -2.32. The van der Waals surface area contributed by atoms with Crippen LogP contribution in [0.2, 0.25) is 0 Å². The molecular weight excluding hydrogens is 484 g/mol. The molecule has 1 aromatic carbocycles. The maximum atomic E-state index is 12.7. The summed E-state index contributed by atoms with van der Waals surface area (Å²) in [7, 11) is 0. The summed E-state index contributed by atoms with van der Waals surface area (Å²) in [5, 5.41) is 11.1. The number of piperidine rings is 1. The molecule has 1 aromatic rings. The number of amides is 1. The molecule has 2 rings (SSSR count). The van der Waals surface area contributed by atoms with Gasteiger partial charge in [0.05, 0.1) is 16.4 Å². The Morgan fingerprint density at radius 2 is 1.74 bits per heavy atom. The van der Waals surface area contributed by atoms with E-state index in [2.05, 4.69) is 31.8 Å². The molecule has 12 heteroatoms. The maximum Gasteiger partial charge on any atom is 0.410 e. The average Bonchev–Trinajstić information content (AvgIpc) is 2.84. The van der Waals surface area contributed by atoms with Crippen molar-refractivity contribution in [3.05, 3.63) is 52.1 Å². The van der Waals surface area contributed by atoms with Gasteiger partial charge in [-0.15, -0.1) is 0 Å². The third-order valence-corrected chi connectivity index (χ3v) is 5.99. The van der Waals surface area contributed by atoms with Crippen LogP contribution in [0, 0.1) is 16.0 Å². The number of hydrogen-bond acceptors (Lipinski definition) is 10. The molecule has 1 fully saturated rings. The van der Waals surface area contributed by atoms with Crippen LogP contribution in [0.4, 0.5) is 10.5 Å². The van der Waals surface area contributed by atoms with E-state index < -0.39 is 41.1 Å². The second-order valence-electron chi connectivity index (χ2n) is 7.77. The molecule has 2 atom stereocenters. The van der Waals surface area contributed by atoms with E-state index >= 15 is 0 Å². The average molecular weight is 513 g/mol. The number of thiol groups is 2. The molecule has 34 heavy (non-hydrogen) atoms. The molecular formula is C22H28N2O8S2. The molecule has 2 unspecified atom stereocenters. The van der Waals surface area contributed by atoms with Gasteiger partial charge in [0.15, 0.2) is 0 Å². The smallest absolute Gasteiger partial charge is 0.410 e. The van der Waals surface area contributed by atoms with Gasteiger partial charge in [-0.2, -0.15) is 25.3 Å². The van der Waals surface area contributed by atoms with E-state index in [1.807, 2.05) is 0 Å². The first-order valence-electron chi connectivity index (χ1n) is 10.6. The lowest BCUT2D eigenvalue weighted by molar-refractivity contribution is -0.385. The van der Waals surface area contributed by atoms with Crippen molar-refractivity contribution < 1.29 is 33.5 Å². The molecule has 1 aliphatic rings. The quantitative estimate of drug-likeness (QED) is 0.122. The van der Waals surface area contributed by atoms with Gasteiger partial charge in [0.2, 0.25) is 0 Å². The third kappa shape index (κ3) is 7.66. The monoisotopic (exact) mass is 512 g/mol. The topological polar surface area (TPSA) is 125 Å². The lowest BCUT2D eigenvalue weighted by Crippen LogP contribution is -2.43. The van der Waals surface area contributed by atoms with E-state index in [1.54, 1.807) is 6.07 Å². The van der Waals surface area contributed by atoms with Crippen LogP contribution in [0.5, 0.6) is 0 Å². The van der Waals surface area contributed by atoms with Crippen molar-refractivity contribution in [3.63, 3.8) is 0 Å². The van der Waals surface area contributed by atoms with Crippen LogP contribution in [0.25, 0.3) is 0 Å². The van der Waals surface area contributed by atoms with E-state index in [0.717, 1.165) is 0 Å². The summed E-state index contributed by atoms with van der Waals surface area (Å²) in [6.07, 6.45) is -1.45. The first-order valence-corrected chi connectivity index (χ1v) is 11.9. The first-order chi connectivity index (χ1) is 16.2. The van der Waals surface area contributed by atoms with E-state index in [0.29, 0.717) is 18.4 Å². The van der Waals surface area contributed by atoms with Crippen LogP contribution in [0.1, 0.15) is 25.3 Å². The number of ether oxygens (including phenoxy) is 3. The fourth-order valence-electron chi connectivity index (χ4n) is 3.28. The van der Waals surface area contributed by atoms with Gasteiger partial charge in [0, 0.05) is 36.2 Å². The van der Waals surface area contributed by atoms with Crippen LogP contribution >= 0.6 is 25.3 Å². The first kappa shape index (κ1) is 27.5. The molecule has 0 saturated carbocycles. The van der Waals surface area contributed by atoms with Gasteiger partial charge < -0.3 is 19.1 Å². The predicted octanol–water partition coefficient (Wildman–Crippen LogP) is 3.20. The summed E-state index contributed by atoms with van der Waals surface area (Å²) < 4.78 is 16.1. The molecule has 186 valence electrons. The molecule has 10 nitrogen and oxygen atoms in total. The molecule has 0 aliphatic carbocycles. The molecule has 1 amide bonds. The Hall–Kier alpha value is -2.73. The van der Waals surface area contributed by atoms with Gasteiger partial charge in [-0.1, -0.05) is 18.7 Å². The second kappa shape index (κ2) is 13.2. The van der Waals surface area contributed by atoms with Crippen LogP contribution in [-0.4, -0.2) is 64.7 Å². The van der Waals surface area contributed by atoms with Gasteiger partial charge in [-0.05, 0) is 25.8 Å². The van der Waals surface area contributed by atoms with Crippen LogP contribution in [0.15, 0.2) is 36.4 Å². The molecule has 0 bridgehead atoms. The SMILES string of the molecule is C=C(C)C(=O)OC(CS)C(CS)OC(=O)C1CCN(C(=O)OCc2ccccc2[N+](=O)[O-])CC1. The minimum Gasteiger partial charge on any atom is -0.457 e. The van der Waals surface area contributed by atoms with E-state index in [1.165, 1.54) is 30.0 Å². The van der Waals surface area contributed by atoms with E-state index in [4.69, 9.17) is 14.2 Å². The lowest BCUT2D eigenvalue weighted by atomic mass is 9.97. The van der Waals surface area contributed by atoms with Crippen LogP contribution in [-0.2, 0) is 30.4 Å². The van der Waals surface area contributed by atoms with Crippen molar-refractivity contribution in [1.82, 2.24) is 4.90 Å². The number of carbonyl (C=O) groups excluding carboxylic acids is 3. The zero-order chi connectivity index (χ0) is 25.3. The van der Waals surface area contributed by atoms with Gasteiger partial charge in [-0.3, -0.25) is 14.9 Å². The van der Waals surface area contributed by atoms with Crippen molar-refractivity contribution in [2.45, 2.75) is 38.6 Å². The van der Waals surface area contributed by atoms with Gasteiger partial charge in [0.25, 0.3) is 5.69 Å². The van der Waals surface area contributed by atoms with E-state index in [-0.39, 0.29) is 42.5 Å². The Morgan fingerprint density at radius 1 is 1.15 bits per heavy atom. The summed E-state index contributed by atoms with van der Waals surface area (Å²) in [5.41, 5.74) is 0.393. The minimum atomic E-state index is -0.777. The van der Waals surface area contributed by atoms with Crippen molar-refractivity contribution in [1.29, 1.82) is 0 Å². The highest BCUT2D eigenvalue weighted by atomic mass is 32.1. The second-order valence-corrected chi connectivity index (χ2v) is 8.50. The van der Waals surface area contributed by atoms with Crippen molar-refractivity contribution in [2.24, 2.45) is 5.92 Å². The summed E-state index contributed by atoms with van der Waals surface area (Å²) in [5.74, 6) is -1.24. The Bertz CT molecular complexity index is 918. The number of carbonyl (C=O) groups is 3. The summed E-state index contributed by atoms with van der Waals surface area (Å²) in [6, 6.07) is 6.03. The van der Waals surface area contributed by atoms with Gasteiger partial charge in [-0.25, -0.2) is 9.59 Å². The molecule has 0 N–H and O–H groups in total. The molecule has 0 radical (unpaired) electrons. The fourth-order valence-corrected chi connectivity index (χ4v) is 3.90. The summed E-state index contributed by atoms with van der Waals surface area (Å²) >= 11 is 8.37. The maximum absolute atomic E-state index is 12.7. The molecule has 1 saturated heterocycles. The molecule has 1 aliphatic heterocycles. The highest BCUT2D eigenvalue weighted by Crippen LogP contribution is 2.23. The number of likely N-dealkylation sites (tertiary alicyclic amines) is 1. The minimum absolute atomic E-state index is 0.121. The number of esters is 2. The number of nitro groups is 1. The summed E-state index contributed by atoms with van der Waals surface area (Å²) in [4.78, 5) is 48.8. The Morgan fingerprint density at radius 3 is 2.29 bits per heavy atom. The zero-order valence-electron chi connectivity index (χ0n) is 18.8. The van der Waals surface area contributed by atoms with Gasteiger partial charge >= 0.3 is 18.0 Å². The Balaban J connectivity index is 1.85. The predicted molar refractivity (Wildman–Crippen MR) is 130 cm³/mol. The number of nitrogens with zero attached hydrogens (tertiary/aromatic N) is 2. The number of benzene rings is 1. The Labute approximate surface area is 208 Å². The van der Waals surface area contributed by atoms with Crippen molar-refractivity contribution in [3.8, 4) is 0 Å². The van der Waals surface area contributed by atoms with Crippen molar-refractivity contribution >= 4 is 49.0 Å². The molecule has 0 aromatic heterocycles. The number of nitro benzene ring substituents is 1. The highest BCUT2D eigenvalue weighted by Gasteiger charge is 2.33. The zero-order valence-corrected chi connectivity index (χ0v) is 20.5. The van der Waals surface area contributed by atoms with E-state index in [9.17, 15) is 24.5 Å². The largest absolute Gasteiger partial charge is 0.457 e. The van der Waals surface area contributed by atoms with Crippen molar-refractivity contribution in [2.75, 3.05) is 24.6 Å². The normalized spacial score (nSPS) is 15.7. The van der Waals surface area contributed by atoms with Crippen LogP contribution < -0.4 is 0 Å². The highest BCUT2D eigenvalue weighted by molar-refractivity contribution is 7.80. The Kier molecular flexibility index (Phi) is 10.7. The summed E-state index contributed by atoms with van der Waals surface area (Å²) in [6.45, 7) is 5.34. The molecule has 0 spiro atoms. The fraction of sp³-hybridized carbons (Fsp3) is 0.500. The number of rotatable bonds is 10. The van der Waals surface area contributed by atoms with Crippen LogP contribution in [0.3, 0.4) is 0 Å². The van der Waals surface area contributed by atoms with Gasteiger partial charge in [0.1, 0.15) is 18.8 Å². The number of hydrogen-bond donors (Lipinski definition) is 2. The standard InChI is InChI=1S/C22H28N2O8S2/c1-14(2)20(25)31-18(12-33)19(13-34)32-21(26)15-7-9-23(10-8-15)22(27)30-11-16-5-3-4-6-17(16)24(28)29/h3-6,15,18-19,33-34H,1,7-13H2,2H3.